The third kappa shape index (κ3) is 4.80. The lowest BCUT2D eigenvalue weighted by Crippen LogP contribution is -2.43. The maximum Gasteiger partial charge on any atom is 0.324 e. The Balaban J connectivity index is 2.04. The molecule has 4 rings (SSSR count). The van der Waals surface area contributed by atoms with Gasteiger partial charge in [0.1, 0.15) is 5.75 Å². The maximum atomic E-state index is 13.2. The minimum atomic E-state index is -1.68. The van der Waals surface area contributed by atoms with Gasteiger partial charge in [-0.2, -0.15) is 0 Å². The van der Waals surface area contributed by atoms with Crippen LogP contribution in [-0.2, 0) is 31.9 Å². The number of ether oxygens (including phenoxy) is 2. The lowest BCUT2D eigenvalue weighted by atomic mass is 9.84. The first-order chi connectivity index (χ1) is 18.2. The first-order valence-electron chi connectivity index (χ1n) is 12.6. The molecule has 0 unspecified atom stereocenters. The molecule has 0 spiro atoms. The minimum absolute atomic E-state index is 0.0615. The molecule has 38 heavy (non-hydrogen) atoms. The van der Waals surface area contributed by atoms with Crippen LogP contribution in [0.5, 0.6) is 5.75 Å². The Hall–Kier alpha value is -4.37. The van der Waals surface area contributed by atoms with Crippen LogP contribution in [-0.4, -0.2) is 36.5 Å². The van der Waals surface area contributed by atoms with E-state index < -0.39 is 17.4 Å². The molecule has 0 heterocycles. The predicted molar refractivity (Wildman–Crippen MR) is 144 cm³/mol. The maximum absolute atomic E-state index is 13.2. The summed E-state index contributed by atoms with van der Waals surface area (Å²) in [6.07, 6.45) is 0.378. The van der Waals surface area contributed by atoms with E-state index in [1.54, 1.807) is 13.8 Å². The zero-order valence-corrected chi connectivity index (χ0v) is 22.0. The molecular formula is C32H30O6. The Bertz CT molecular complexity index is 1470. The highest BCUT2D eigenvalue weighted by molar-refractivity contribution is 6.03. The number of aromatic hydroxyl groups is 1. The standard InChI is InChI=1S/C32H30O6/c1-5-37-30(35)32(31(36)38-6-2)17-25-24(14-13-22-11-7-9-20(3)15-22)28(23-12-8-10-21(4)16-23)27(19-33)29(34)26(25)18-32/h7-12,15-16,19,34H,5-6,17-18H2,1-4H3. The van der Waals surface area contributed by atoms with Crippen LogP contribution in [0.25, 0.3) is 11.1 Å². The summed E-state index contributed by atoms with van der Waals surface area (Å²) in [4.78, 5) is 38.9. The highest BCUT2D eigenvalue weighted by Crippen LogP contribution is 2.49. The third-order valence-electron chi connectivity index (χ3n) is 6.79. The van der Waals surface area contributed by atoms with Gasteiger partial charge in [0.2, 0.25) is 0 Å². The van der Waals surface area contributed by atoms with Crippen molar-refractivity contribution in [2.75, 3.05) is 13.2 Å². The minimum Gasteiger partial charge on any atom is -0.507 e. The molecule has 0 aliphatic heterocycles. The number of phenolic OH excluding ortho intramolecular Hbond substituents is 1. The number of aldehydes is 1. The van der Waals surface area contributed by atoms with E-state index >= 15 is 0 Å². The Morgan fingerprint density at radius 3 is 2.11 bits per heavy atom. The lowest BCUT2D eigenvalue weighted by Gasteiger charge is -2.24. The Morgan fingerprint density at radius 2 is 1.53 bits per heavy atom. The van der Waals surface area contributed by atoms with Crippen LogP contribution in [0.3, 0.4) is 0 Å². The summed E-state index contributed by atoms with van der Waals surface area (Å²) < 4.78 is 10.6. The number of benzene rings is 3. The monoisotopic (exact) mass is 510 g/mol. The number of rotatable bonds is 6. The van der Waals surface area contributed by atoms with E-state index in [4.69, 9.17) is 9.47 Å². The molecule has 0 amide bonds. The number of hydrogen-bond acceptors (Lipinski definition) is 6. The first-order valence-corrected chi connectivity index (χ1v) is 12.6. The average molecular weight is 511 g/mol. The fourth-order valence-electron chi connectivity index (χ4n) is 5.03. The number of aryl methyl sites for hydroxylation is 2. The van der Waals surface area contributed by atoms with Crippen molar-refractivity contribution in [1.82, 2.24) is 0 Å². The van der Waals surface area contributed by atoms with Gasteiger partial charge in [-0.3, -0.25) is 14.4 Å². The second-order valence-corrected chi connectivity index (χ2v) is 9.45. The SMILES string of the molecule is CCOC(=O)C1(C(=O)OCC)Cc2c(O)c(C=O)c(-c3cccc(C)c3)c(C#Cc3cccc(C)c3)c2C1. The van der Waals surface area contributed by atoms with Crippen molar-refractivity contribution in [2.45, 2.75) is 40.5 Å². The van der Waals surface area contributed by atoms with Crippen LogP contribution in [0, 0.1) is 31.1 Å². The highest BCUT2D eigenvalue weighted by Gasteiger charge is 2.55. The predicted octanol–water partition coefficient (Wildman–Crippen LogP) is 5.10. The van der Waals surface area contributed by atoms with E-state index in [0.29, 0.717) is 34.1 Å². The van der Waals surface area contributed by atoms with Crippen molar-refractivity contribution in [2.24, 2.45) is 5.41 Å². The van der Waals surface area contributed by atoms with Crippen LogP contribution >= 0.6 is 0 Å². The second kappa shape index (κ2) is 10.9. The van der Waals surface area contributed by atoms with Gasteiger partial charge in [-0.05, 0) is 56.5 Å². The van der Waals surface area contributed by atoms with Gasteiger partial charge in [-0.15, -0.1) is 0 Å². The van der Waals surface area contributed by atoms with Gasteiger partial charge in [0.25, 0.3) is 0 Å². The summed E-state index contributed by atoms with van der Waals surface area (Å²) in [6, 6.07) is 15.3. The second-order valence-electron chi connectivity index (χ2n) is 9.45. The molecule has 1 N–H and O–H groups in total. The molecule has 0 bridgehead atoms. The smallest absolute Gasteiger partial charge is 0.324 e. The van der Waals surface area contributed by atoms with E-state index in [0.717, 1.165) is 16.7 Å². The van der Waals surface area contributed by atoms with E-state index in [1.807, 2.05) is 62.4 Å². The van der Waals surface area contributed by atoms with Gasteiger partial charge >= 0.3 is 11.9 Å². The molecule has 0 radical (unpaired) electrons. The summed E-state index contributed by atoms with van der Waals surface area (Å²) in [5.41, 5.74) is 3.67. The van der Waals surface area contributed by atoms with Crippen molar-refractivity contribution in [3.8, 4) is 28.7 Å². The Morgan fingerprint density at radius 1 is 0.921 bits per heavy atom. The van der Waals surface area contributed by atoms with Gasteiger partial charge < -0.3 is 14.6 Å². The number of fused-ring (bicyclic) bond motifs is 1. The molecule has 194 valence electrons. The Labute approximate surface area is 222 Å². The molecule has 0 saturated carbocycles. The van der Waals surface area contributed by atoms with Crippen LogP contribution in [0.1, 0.15) is 57.6 Å². The van der Waals surface area contributed by atoms with Crippen molar-refractivity contribution in [3.63, 3.8) is 0 Å². The molecule has 3 aromatic carbocycles. The molecule has 1 aliphatic rings. The molecule has 0 atom stereocenters. The van der Waals surface area contributed by atoms with Crippen LogP contribution in [0.15, 0.2) is 48.5 Å². The molecule has 0 saturated heterocycles. The van der Waals surface area contributed by atoms with E-state index in [2.05, 4.69) is 11.8 Å². The van der Waals surface area contributed by atoms with Crippen LogP contribution in [0.2, 0.25) is 0 Å². The van der Waals surface area contributed by atoms with E-state index in [1.165, 1.54) is 0 Å². The first kappa shape index (κ1) is 26.7. The molecule has 0 aromatic heterocycles. The van der Waals surface area contributed by atoms with Gasteiger partial charge in [-0.25, -0.2) is 0 Å². The van der Waals surface area contributed by atoms with Crippen molar-refractivity contribution >= 4 is 18.2 Å². The topological polar surface area (TPSA) is 89.9 Å². The van der Waals surface area contributed by atoms with Crippen LogP contribution < -0.4 is 0 Å². The molecule has 3 aromatic rings. The lowest BCUT2D eigenvalue weighted by molar-refractivity contribution is -0.171. The number of carbonyl (C=O) groups excluding carboxylic acids is 3. The molecular weight excluding hydrogens is 480 g/mol. The molecule has 1 aliphatic carbocycles. The van der Waals surface area contributed by atoms with E-state index in [-0.39, 0.29) is 37.4 Å². The number of carbonyl (C=O) groups is 3. The van der Waals surface area contributed by atoms with Gasteiger partial charge in [0, 0.05) is 35.1 Å². The van der Waals surface area contributed by atoms with Crippen molar-refractivity contribution in [3.05, 3.63) is 87.5 Å². The van der Waals surface area contributed by atoms with Crippen molar-refractivity contribution < 1.29 is 29.0 Å². The fraction of sp³-hybridized carbons (Fsp3) is 0.281. The quantitative estimate of drug-likeness (QED) is 0.215. The number of esters is 2. The molecule has 0 fully saturated rings. The number of hydrogen-bond donors (Lipinski definition) is 1. The van der Waals surface area contributed by atoms with Gasteiger partial charge in [0.05, 0.1) is 18.8 Å². The molecule has 6 nitrogen and oxygen atoms in total. The summed E-state index contributed by atoms with van der Waals surface area (Å²) in [5, 5.41) is 11.3. The molecule has 6 heteroatoms. The Kier molecular flexibility index (Phi) is 7.68. The number of phenols is 1. The van der Waals surface area contributed by atoms with Gasteiger partial charge in [-0.1, -0.05) is 53.8 Å². The summed E-state index contributed by atoms with van der Waals surface area (Å²) in [7, 11) is 0. The van der Waals surface area contributed by atoms with Gasteiger partial charge in [0.15, 0.2) is 11.7 Å². The van der Waals surface area contributed by atoms with E-state index in [9.17, 15) is 19.5 Å². The van der Waals surface area contributed by atoms with Crippen LogP contribution in [0.4, 0.5) is 0 Å². The zero-order valence-electron chi connectivity index (χ0n) is 22.0. The zero-order chi connectivity index (χ0) is 27.4. The summed E-state index contributed by atoms with van der Waals surface area (Å²) >= 11 is 0. The fourth-order valence-corrected chi connectivity index (χ4v) is 5.03. The summed E-state index contributed by atoms with van der Waals surface area (Å²) in [6.45, 7) is 7.39. The van der Waals surface area contributed by atoms with Crippen molar-refractivity contribution in [1.29, 1.82) is 0 Å². The summed E-state index contributed by atoms with van der Waals surface area (Å²) in [5.74, 6) is 4.70. The average Bonchev–Trinajstić information content (AvgIpc) is 3.31. The third-order valence-corrected chi connectivity index (χ3v) is 6.79. The normalized spacial score (nSPS) is 13.2. The highest BCUT2D eigenvalue weighted by atomic mass is 16.6. The largest absolute Gasteiger partial charge is 0.507 e.